The Hall–Kier alpha value is -3.39. The highest BCUT2D eigenvalue weighted by atomic mass is 16.2. The van der Waals surface area contributed by atoms with E-state index in [1.165, 1.54) is 6.08 Å². The van der Waals surface area contributed by atoms with E-state index in [0.717, 1.165) is 5.56 Å². The van der Waals surface area contributed by atoms with Crippen LogP contribution in [0.2, 0.25) is 0 Å². The van der Waals surface area contributed by atoms with E-state index < -0.39 is 0 Å². The van der Waals surface area contributed by atoms with Crippen molar-refractivity contribution in [1.29, 1.82) is 5.26 Å². The summed E-state index contributed by atoms with van der Waals surface area (Å²) in [4.78, 5) is 23.8. The van der Waals surface area contributed by atoms with E-state index in [9.17, 15) is 9.59 Å². The molecule has 0 heterocycles. The predicted molar refractivity (Wildman–Crippen MR) is 98.3 cm³/mol. The predicted octanol–water partition coefficient (Wildman–Crippen LogP) is 3.98. The van der Waals surface area contributed by atoms with Crippen LogP contribution in [0.15, 0.2) is 54.6 Å². The summed E-state index contributed by atoms with van der Waals surface area (Å²) in [5.74, 6) is -0.137. The summed E-state index contributed by atoms with van der Waals surface area (Å²) in [5, 5.41) is 14.2. The molecule has 0 aliphatic carbocycles. The zero-order chi connectivity index (χ0) is 18.2. The third-order valence-corrected chi connectivity index (χ3v) is 3.31. The van der Waals surface area contributed by atoms with Gasteiger partial charge in [-0.3, -0.25) is 4.79 Å². The SMILES string of the molecule is CC(C)NC(=O)Nc1ccc(C(=O)C=Cc2ccc(C#N)cc2)cc1. The molecule has 2 aromatic rings. The smallest absolute Gasteiger partial charge is 0.319 e. The van der Waals surface area contributed by atoms with Crippen LogP contribution in [0.3, 0.4) is 0 Å². The van der Waals surface area contributed by atoms with E-state index in [4.69, 9.17) is 5.26 Å². The summed E-state index contributed by atoms with van der Waals surface area (Å²) >= 11 is 0. The number of nitrogens with zero attached hydrogens (tertiary/aromatic N) is 1. The number of benzene rings is 2. The molecule has 25 heavy (non-hydrogen) atoms. The Bertz CT molecular complexity index is 814. The number of ketones is 1. The van der Waals surface area contributed by atoms with Gasteiger partial charge in [-0.25, -0.2) is 4.79 Å². The molecule has 5 nitrogen and oxygen atoms in total. The molecule has 0 radical (unpaired) electrons. The minimum absolute atomic E-state index is 0.0493. The van der Waals surface area contributed by atoms with E-state index in [2.05, 4.69) is 10.6 Å². The lowest BCUT2D eigenvalue weighted by molar-refractivity contribution is 0.104. The Morgan fingerprint density at radius 3 is 2.24 bits per heavy atom. The fraction of sp³-hybridized carbons (Fsp3) is 0.150. The molecule has 2 rings (SSSR count). The Morgan fingerprint density at radius 2 is 1.68 bits per heavy atom. The van der Waals surface area contributed by atoms with Crippen molar-refractivity contribution in [1.82, 2.24) is 5.32 Å². The summed E-state index contributed by atoms with van der Waals surface area (Å²) in [6.07, 6.45) is 3.18. The van der Waals surface area contributed by atoms with Gasteiger partial charge in [0.05, 0.1) is 11.6 Å². The standard InChI is InChI=1S/C20H19N3O2/c1-14(2)22-20(25)23-18-10-8-17(9-11-18)19(24)12-7-15-3-5-16(13-21)6-4-15/h3-12,14H,1-2H3,(H2,22,23,25). The first-order chi connectivity index (χ1) is 12.0. The number of rotatable bonds is 5. The first-order valence-electron chi connectivity index (χ1n) is 7.88. The van der Waals surface area contributed by atoms with Crippen molar-refractivity contribution in [3.05, 3.63) is 71.3 Å². The van der Waals surface area contributed by atoms with Crippen LogP contribution in [0.25, 0.3) is 6.08 Å². The molecule has 5 heteroatoms. The molecule has 0 fully saturated rings. The molecule has 0 atom stereocenters. The molecule has 0 bridgehead atoms. The summed E-state index contributed by atoms with van der Waals surface area (Å²) in [6, 6.07) is 15.5. The normalized spacial score (nSPS) is 10.5. The number of allylic oxidation sites excluding steroid dienone is 1. The fourth-order valence-corrected chi connectivity index (χ4v) is 2.08. The lowest BCUT2D eigenvalue weighted by atomic mass is 10.1. The van der Waals surface area contributed by atoms with Gasteiger partial charge in [-0.1, -0.05) is 18.2 Å². The minimum Gasteiger partial charge on any atom is -0.336 e. The molecule has 0 aliphatic heterocycles. The average molecular weight is 333 g/mol. The van der Waals surface area contributed by atoms with Crippen LogP contribution in [0.1, 0.15) is 35.3 Å². The molecule has 0 unspecified atom stereocenters. The summed E-state index contributed by atoms with van der Waals surface area (Å²) in [5.41, 5.74) is 2.56. The molecule has 0 spiro atoms. The Kier molecular flexibility index (Phi) is 6.08. The van der Waals surface area contributed by atoms with E-state index in [1.807, 2.05) is 19.9 Å². The van der Waals surface area contributed by atoms with Crippen LogP contribution in [0.4, 0.5) is 10.5 Å². The monoisotopic (exact) mass is 333 g/mol. The quantitative estimate of drug-likeness (QED) is 0.641. The van der Waals surface area contributed by atoms with E-state index in [1.54, 1.807) is 54.6 Å². The fourth-order valence-electron chi connectivity index (χ4n) is 2.08. The van der Waals surface area contributed by atoms with Crippen molar-refractivity contribution < 1.29 is 9.59 Å². The lowest BCUT2D eigenvalue weighted by Gasteiger charge is -2.10. The number of nitrogens with one attached hydrogen (secondary N) is 2. The van der Waals surface area contributed by atoms with Crippen molar-refractivity contribution in [2.24, 2.45) is 0 Å². The zero-order valence-electron chi connectivity index (χ0n) is 14.1. The number of urea groups is 1. The number of anilines is 1. The third kappa shape index (κ3) is 5.63. The van der Waals surface area contributed by atoms with E-state index in [-0.39, 0.29) is 17.9 Å². The van der Waals surface area contributed by atoms with Gasteiger partial charge in [0, 0.05) is 17.3 Å². The second-order valence-electron chi connectivity index (χ2n) is 5.76. The highest BCUT2D eigenvalue weighted by Gasteiger charge is 2.05. The first-order valence-corrected chi connectivity index (χ1v) is 7.88. The maximum atomic E-state index is 12.2. The maximum absolute atomic E-state index is 12.2. The Morgan fingerprint density at radius 1 is 1.04 bits per heavy atom. The van der Waals surface area contributed by atoms with Gasteiger partial charge in [0.25, 0.3) is 0 Å². The second kappa shape index (κ2) is 8.46. The largest absolute Gasteiger partial charge is 0.336 e. The van der Waals surface area contributed by atoms with Gasteiger partial charge in [-0.2, -0.15) is 5.26 Å². The van der Waals surface area contributed by atoms with Gasteiger partial charge in [0.1, 0.15) is 0 Å². The molecule has 2 N–H and O–H groups in total. The number of carbonyl (C=O) groups is 2. The van der Waals surface area contributed by atoms with Gasteiger partial charge in [-0.05, 0) is 61.9 Å². The van der Waals surface area contributed by atoms with Crippen LogP contribution in [0, 0.1) is 11.3 Å². The van der Waals surface area contributed by atoms with Gasteiger partial charge >= 0.3 is 6.03 Å². The van der Waals surface area contributed by atoms with Crippen LogP contribution in [0.5, 0.6) is 0 Å². The van der Waals surface area contributed by atoms with Crippen molar-refractivity contribution in [2.75, 3.05) is 5.32 Å². The molecule has 126 valence electrons. The molecule has 2 aromatic carbocycles. The molecule has 2 amide bonds. The van der Waals surface area contributed by atoms with Crippen molar-refractivity contribution in [3.8, 4) is 6.07 Å². The molecular formula is C20H19N3O2. The minimum atomic E-state index is -0.283. The number of amides is 2. The van der Waals surface area contributed by atoms with E-state index >= 15 is 0 Å². The number of hydrogen-bond acceptors (Lipinski definition) is 3. The summed E-state index contributed by atoms with van der Waals surface area (Å²) in [6.45, 7) is 3.75. The summed E-state index contributed by atoms with van der Waals surface area (Å²) < 4.78 is 0. The highest BCUT2D eigenvalue weighted by molar-refractivity contribution is 6.07. The molecule has 0 aromatic heterocycles. The average Bonchev–Trinajstić information content (AvgIpc) is 2.60. The second-order valence-corrected chi connectivity index (χ2v) is 5.76. The van der Waals surface area contributed by atoms with E-state index in [0.29, 0.717) is 16.8 Å². The lowest BCUT2D eigenvalue weighted by Crippen LogP contribution is -2.34. The maximum Gasteiger partial charge on any atom is 0.319 e. The topological polar surface area (TPSA) is 82.0 Å². The molecule has 0 saturated heterocycles. The van der Waals surface area contributed by atoms with Crippen molar-refractivity contribution in [2.45, 2.75) is 19.9 Å². The third-order valence-electron chi connectivity index (χ3n) is 3.31. The number of carbonyl (C=O) groups excluding carboxylic acids is 2. The number of nitriles is 1. The van der Waals surface area contributed by atoms with Gasteiger partial charge < -0.3 is 10.6 Å². The van der Waals surface area contributed by atoms with Gasteiger partial charge in [0.15, 0.2) is 5.78 Å². The molecular weight excluding hydrogens is 314 g/mol. The Balaban J connectivity index is 1.98. The number of hydrogen-bond donors (Lipinski definition) is 2. The van der Waals surface area contributed by atoms with Crippen LogP contribution >= 0.6 is 0 Å². The van der Waals surface area contributed by atoms with Crippen molar-refractivity contribution >= 4 is 23.6 Å². The zero-order valence-corrected chi connectivity index (χ0v) is 14.1. The van der Waals surface area contributed by atoms with Gasteiger partial charge in [0.2, 0.25) is 0 Å². The highest BCUT2D eigenvalue weighted by Crippen LogP contribution is 2.12. The van der Waals surface area contributed by atoms with Crippen LogP contribution < -0.4 is 10.6 Å². The molecule has 0 aliphatic rings. The van der Waals surface area contributed by atoms with Crippen LogP contribution in [-0.2, 0) is 0 Å². The molecule has 0 saturated carbocycles. The summed E-state index contributed by atoms with van der Waals surface area (Å²) in [7, 11) is 0. The Labute approximate surface area is 147 Å². The van der Waals surface area contributed by atoms with Crippen LogP contribution in [-0.4, -0.2) is 17.9 Å². The first kappa shape index (κ1) is 18.0. The van der Waals surface area contributed by atoms with Crippen molar-refractivity contribution in [3.63, 3.8) is 0 Å². The van der Waals surface area contributed by atoms with Gasteiger partial charge in [-0.15, -0.1) is 0 Å².